The zero-order valence-corrected chi connectivity index (χ0v) is 34.4. The third kappa shape index (κ3) is 6.29. The number of rotatable bonds is 8. The molecule has 0 aliphatic heterocycles. The molecule has 0 spiro atoms. The van der Waals surface area contributed by atoms with Gasteiger partial charge in [-0.15, -0.1) is 0 Å². The van der Waals surface area contributed by atoms with Gasteiger partial charge in [0, 0.05) is 33.1 Å². The summed E-state index contributed by atoms with van der Waals surface area (Å²) in [5, 5.41) is 4.68. The molecule has 0 unspecified atom stereocenters. The predicted octanol–water partition coefficient (Wildman–Crippen LogP) is 16.8. The molecule has 0 saturated carbocycles. The topological polar surface area (TPSA) is 21.3 Å². The Bertz CT molecular complexity index is 3550. The van der Waals surface area contributed by atoms with Crippen molar-refractivity contribution < 1.29 is 4.42 Å². The molecule has 0 aliphatic rings. The van der Waals surface area contributed by atoms with E-state index in [2.05, 4.69) is 246 Å². The number of hydrogen-bond donors (Lipinski definition) is 0. The number of benzene rings is 10. The van der Waals surface area contributed by atoms with Gasteiger partial charge in [0.1, 0.15) is 11.2 Å². The molecular formula is C60H40N2O. The molecule has 0 amide bonds. The molecule has 12 rings (SSSR count). The molecule has 0 aliphatic carbocycles. The van der Waals surface area contributed by atoms with E-state index >= 15 is 0 Å². The highest BCUT2D eigenvalue weighted by atomic mass is 16.3. The van der Waals surface area contributed by atoms with Crippen LogP contribution in [-0.4, -0.2) is 4.57 Å². The van der Waals surface area contributed by atoms with Crippen LogP contribution in [0.2, 0.25) is 0 Å². The zero-order chi connectivity index (χ0) is 41.7. The van der Waals surface area contributed by atoms with Gasteiger partial charge >= 0.3 is 0 Å². The molecule has 3 nitrogen and oxygen atoms in total. The summed E-state index contributed by atoms with van der Waals surface area (Å²) in [5.74, 6) is 0. The standard InChI is InChI=1S/C60H40N2O/c1-3-16-42(17-4-1)48-39-34-45(40-53(48)43-18-5-2-6-19-43)41-30-35-46(36-31-41)61(57-27-15-29-59-60(57)52-23-10-14-28-58(52)63-59)47-37-32-44(33-38-47)49-20-7-11-24-54(49)62-55-25-12-8-21-50(55)51-22-9-13-26-56(51)62/h1-40H. The number of para-hydroxylation sites is 4. The third-order valence-electron chi connectivity index (χ3n) is 12.4. The van der Waals surface area contributed by atoms with Gasteiger partial charge in [0.2, 0.25) is 0 Å². The van der Waals surface area contributed by atoms with Crippen molar-refractivity contribution in [2.75, 3.05) is 4.90 Å². The maximum absolute atomic E-state index is 6.44. The first-order valence-corrected chi connectivity index (χ1v) is 21.5. The second-order valence-electron chi connectivity index (χ2n) is 16.1. The lowest BCUT2D eigenvalue weighted by Gasteiger charge is -2.27. The van der Waals surface area contributed by atoms with Crippen LogP contribution < -0.4 is 4.90 Å². The van der Waals surface area contributed by atoms with Crippen LogP contribution in [0.3, 0.4) is 0 Å². The summed E-state index contributed by atoms with van der Waals surface area (Å²) in [7, 11) is 0. The van der Waals surface area contributed by atoms with Gasteiger partial charge in [-0.3, -0.25) is 0 Å². The highest BCUT2D eigenvalue weighted by molar-refractivity contribution is 6.13. The molecule has 296 valence electrons. The van der Waals surface area contributed by atoms with Crippen molar-refractivity contribution in [3.63, 3.8) is 0 Å². The lowest BCUT2D eigenvalue weighted by Crippen LogP contribution is -2.10. The Morgan fingerprint density at radius 3 is 1.51 bits per heavy atom. The number of hydrogen-bond acceptors (Lipinski definition) is 2. The van der Waals surface area contributed by atoms with Gasteiger partial charge in [-0.2, -0.15) is 0 Å². The molecule has 3 heteroatoms. The number of aromatic nitrogens is 1. The Labute approximate surface area is 366 Å². The summed E-state index contributed by atoms with van der Waals surface area (Å²) in [6, 6.07) is 87.0. The number of nitrogens with zero attached hydrogens (tertiary/aromatic N) is 2. The molecule has 0 fully saturated rings. The average molecular weight is 805 g/mol. The van der Waals surface area contributed by atoms with Crippen molar-refractivity contribution in [2.24, 2.45) is 0 Å². The highest BCUT2D eigenvalue weighted by Gasteiger charge is 2.21. The molecule has 0 atom stereocenters. The van der Waals surface area contributed by atoms with E-state index in [0.29, 0.717) is 0 Å². The third-order valence-corrected chi connectivity index (χ3v) is 12.4. The monoisotopic (exact) mass is 804 g/mol. The van der Waals surface area contributed by atoms with Crippen molar-refractivity contribution in [1.82, 2.24) is 4.57 Å². The molecule has 12 aromatic rings. The van der Waals surface area contributed by atoms with Crippen LogP contribution in [0.25, 0.3) is 93.9 Å². The Morgan fingerprint density at radius 2 is 0.825 bits per heavy atom. The van der Waals surface area contributed by atoms with Crippen LogP contribution in [0, 0.1) is 0 Å². The summed E-state index contributed by atoms with van der Waals surface area (Å²) < 4.78 is 8.85. The first kappa shape index (κ1) is 36.5. The Kier molecular flexibility index (Phi) is 8.83. The van der Waals surface area contributed by atoms with E-state index in [1.165, 1.54) is 55.2 Å². The molecule has 0 bridgehead atoms. The summed E-state index contributed by atoms with van der Waals surface area (Å²) in [5.41, 5.74) is 17.9. The summed E-state index contributed by atoms with van der Waals surface area (Å²) >= 11 is 0. The van der Waals surface area contributed by atoms with E-state index in [1.807, 2.05) is 6.07 Å². The lowest BCUT2D eigenvalue weighted by molar-refractivity contribution is 0.669. The first-order valence-electron chi connectivity index (χ1n) is 21.5. The largest absolute Gasteiger partial charge is 0.456 e. The number of anilines is 3. The van der Waals surface area contributed by atoms with Crippen molar-refractivity contribution in [2.45, 2.75) is 0 Å². The van der Waals surface area contributed by atoms with Gasteiger partial charge < -0.3 is 13.9 Å². The number of fused-ring (bicyclic) bond motifs is 6. The van der Waals surface area contributed by atoms with Gasteiger partial charge in [0.25, 0.3) is 0 Å². The van der Waals surface area contributed by atoms with Crippen LogP contribution in [0.15, 0.2) is 247 Å². The zero-order valence-electron chi connectivity index (χ0n) is 34.4. The van der Waals surface area contributed by atoms with E-state index < -0.39 is 0 Å². The van der Waals surface area contributed by atoms with Crippen LogP contribution >= 0.6 is 0 Å². The molecule has 63 heavy (non-hydrogen) atoms. The van der Waals surface area contributed by atoms with Gasteiger partial charge in [0.15, 0.2) is 0 Å². The van der Waals surface area contributed by atoms with Crippen molar-refractivity contribution in [3.8, 4) is 50.2 Å². The summed E-state index contributed by atoms with van der Waals surface area (Å²) in [6.07, 6.45) is 0. The Balaban J connectivity index is 0.979. The predicted molar refractivity (Wildman–Crippen MR) is 264 cm³/mol. The smallest absolute Gasteiger partial charge is 0.137 e. The fourth-order valence-electron chi connectivity index (χ4n) is 9.51. The molecule has 2 aromatic heterocycles. The maximum Gasteiger partial charge on any atom is 0.137 e. The molecule has 2 heterocycles. The first-order chi connectivity index (χ1) is 31.3. The van der Waals surface area contributed by atoms with Gasteiger partial charge in [-0.05, 0) is 106 Å². The van der Waals surface area contributed by atoms with E-state index in [9.17, 15) is 0 Å². The summed E-state index contributed by atoms with van der Waals surface area (Å²) in [6.45, 7) is 0. The fraction of sp³-hybridized carbons (Fsp3) is 0. The van der Waals surface area contributed by atoms with Crippen LogP contribution in [0.4, 0.5) is 17.1 Å². The van der Waals surface area contributed by atoms with Crippen LogP contribution in [0.5, 0.6) is 0 Å². The van der Waals surface area contributed by atoms with Gasteiger partial charge in [-0.25, -0.2) is 0 Å². The molecule has 0 radical (unpaired) electrons. The minimum Gasteiger partial charge on any atom is -0.456 e. The van der Waals surface area contributed by atoms with Gasteiger partial charge in [0.05, 0.1) is 27.8 Å². The lowest BCUT2D eigenvalue weighted by atomic mass is 9.91. The van der Waals surface area contributed by atoms with Crippen molar-refractivity contribution in [3.05, 3.63) is 243 Å². The minimum absolute atomic E-state index is 0.860. The average Bonchev–Trinajstić information content (AvgIpc) is 3.91. The summed E-state index contributed by atoms with van der Waals surface area (Å²) in [4.78, 5) is 2.37. The maximum atomic E-state index is 6.44. The van der Waals surface area contributed by atoms with Crippen LogP contribution in [-0.2, 0) is 0 Å². The second-order valence-corrected chi connectivity index (χ2v) is 16.1. The number of furan rings is 1. The minimum atomic E-state index is 0.860. The van der Waals surface area contributed by atoms with E-state index in [-0.39, 0.29) is 0 Å². The van der Waals surface area contributed by atoms with Gasteiger partial charge in [-0.1, -0.05) is 176 Å². The quantitative estimate of drug-likeness (QED) is 0.153. The molecule has 0 N–H and O–H groups in total. The highest BCUT2D eigenvalue weighted by Crippen LogP contribution is 2.45. The Hall–Kier alpha value is -8.40. The molecule has 0 saturated heterocycles. The Morgan fingerprint density at radius 1 is 0.317 bits per heavy atom. The molecular weight excluding hydrogens is 765 g/mol. The second kappa shape index (κ2) is 15.3. The van der Waals surface area contributed by atoms with E-state index in [4.69, 9.17) is 4.42 Å². The SMILES string of the molecule is c1ccc(-c2ccc(-c3ccc(N(c4ccc(-c5ccccc5-n5c6ccccc6c6ccccc65)cc4)c4cccc5oc6ccccc6c45)cc3)cc2-c2ccccc2)cc1. The fourth-order valence-corrected chi connectivity index (χ4v) is 9.51. The van der Waals surface area contributed by atoms with Crippen LogP contribution in [0.1, 0.15) is 0 Å². The van der Waals surface area contributed by atoms with Crippen molar-refractivity contribution >= 4 is 60.8 Å². The normalized spacial score (nSPS) is 11.5. The van der Waals surface area contributed by atoms with Crippen molar-refractivity contribution in [1.29, 1.82) is 0 Å². The molecule has 10 aromatic carbocycles. The van der Waals surface area contributed by atoms with E-state index in [0.717, 1.165) is 55.8 Å². The van der Waals surface area contributed by atoms with E-state index in [1.54, 1.807) is 0 Å².